The summed E-state index contributed by atoms with van der Waals surface area (Å²) < 4.78 is 4.89. The minimum absolute atomic E-state index is 0.147. The fourth-order valence-electron chi connectivity index (χ4n) is 1.69. The smallest absolute Gasteiger partial charge is 0.255 e. The van der Waals surface area contributed by atoms with Crippen LogP contribution in [0.1, 0.15) is 15.9 Å². The Morgan fingerprint density at radius 1 is 1.10 bits per heavy atom. The molecular weight excluding hydrogens is 250 g/mol. The van der Waals surface area contributed by atoms with Crippen molar-refractivity contribution in [2.24, 2.45) is 0 Å². The molecule has 0 fully saturated rings. The lowest BCUT2D eigenvalue weighted by Gasteiger charge is -2.07. The summed E-state index contributed by atoms with van der Waals surface area (Å²) in [7, 11) is 1.60. The highest BCUT2D eigenvalue weighted by atomic mass is 16.5. The number of anilines is 1. The zero-order valence-corrected chi connectivity index (χ0v) is 11.2. The van der Waals surface area contributed by atoms with Crippen LogP contribution in [0, 0.1) is 11.8 Å². The third-order valence-electron chi connectivity index (χ3n) is 2.65. The molecule has 0 aromatic heterocycles. The van der Waals surface area contributed by atoms with E-state index in [1.54, 1.807) is 19.2 Å². The summed E-state index contributed by atoms with van der Waals surface area (Å²) in [6, 6.07) is 16.5. The molecule has 0 saturated heterocycles. The number of hydrogen-bond donors (Lipinski definition) is 1. The van der Waals surface area contributed by atoms with Gasteiger partial charge in [0, 0.05) is 18.2 Å². The molecule has 0 aliphatic heterocycles. The molecule has 2 aromatic rings. The highest BCUT2D eigenvalue weighted by molar-refractivity contribution is 6.04. The number of carbonyl (C=O) groups excluding carboxylic acids is 1. The predicted molar refractivity (Wildman–Crippen MR) is 79.6 cm³/mol. The molecule has 100 valence electrons. The molecule has 0 aliphatic rings. The van der Waals surface area contributed by atoms with Gasteiger partial charge in [-0.05, 0) is 24.3 Å². The number of hydrogen-bond acceptors (Lipinski definition) is 2. The van der Waals surface area contributed by atoms with Gasteiger partial charge in [0.15, 0.2) is 0 Å². The van der Waals surface area contributed by atoms with Crippen molar-refractivity contribution in [3.63, 3.8) is 0 Å². The Hall–Kier alpha value is -2.57. The van der Waals surface area contributed by atoms with Gasteiger partial charge in [0.25, 0.3) is 5.91 Å². The van der Waals surface area contributed by atoms with Crippen LogP contribution in [0.2, 0.25) is 0 Å². The van der Waals surface area contributed by atoms with Crippen molar-refractivity contribution in [1.82, 2.24) is 0 Å². The fourth-order valence-corrected chi connectivity index (χ4v) is 1.69. The van der Waals surface area contributed by atoms with Gasteiger partial charge in [-0.2, -0.15) is 0 Å². The minimum Gasteiger partial charge on any atom is -0.372 e. The molecule has 3 heteroatoms. The van der Waals surface area contributed by atoms with Crippen molar-refractivity contribution in [2.75, 3.05) is 19.0 Å². The molecular formula is C17H15NO2. The summed E-state index contributed by atoms with van der Waals surface area (Å²) in [5.74, 6) is 5.72. The highest BCUT2D eigenvalue weighted by Crippen LogP contribution is 2.15. The Bertz CT molecular complexity index is 639. The van der Waals surface area contributed by atoms with Gasteiger partial charge >= 0.3 is 0 Å². The van der Waals surface area contributed by atoms with Crippen LogP contribution in [0.3, 0.4) is 0 Å². The number of ether oxygens (including phenoxy) is 1. The van der Waals surface area contributed by atoms with E-state index in [1.807, 2.05) is 42.5 Å². The lowest BCUT2D eigenvalue weighted by molar-refractivity contribution is 0.102. The van der Waals surface area contributed by atoms with E-state index in [-0.39, 0.29) is 5.91 Å². The first-order valence-electron chi connectivity index (χ1n) is 6.24. The van der Waals surface area contributed by atoms with Crippen molar-refractivity contribution in [1.29, 1.82) is 0 Å². The molecule has 3 nitrogen and oxygen atoms in total. The maximum atomic E-state index is 12.1. The van der Waals surface area contributed by atoms with Crippen LogP contribution in [0.4, 0.5) is 5.69 Å². The zero-order valence-electron chi connectivity index (χ0n) is 11.2. The number of rotatable bonds is 3. The fraction of sp³-hybridized carbons (Fsp3) is 0.118. The third-order valence-corrected chi connectivity index (χ3v) is 2.65. The van der Waals surface area contributed by atoms with Gasteiger partial charge in [0.05, 0.1) is 5.69 Å². The van der Waals surface area contributed by atoms with E-state index >= 15 is 0 Å². The van der Waals surface area contributed by atoms with Crippen molar-refractivity contribution in [3.8, 4) is 11.8 Å². The van der Waals surface area contributed by atoms with Crippen LogP contribution in [0.25, 0.3) is 0 Å². The first-order chi connectivity index (χ1) is 9.81. The summed E-state index contributed by atoms with van der Waals surface area (Å²) >= 11 is 0. The van der Waals surface area contributed by atoms with E-state index in [1.165, 1.54) is 0 Å². The standard InChI is InChI=1S/C17H15NO2/c1-20-13-7-11-14-8-5-6-12-16(14)18-17(19)15-9-3-2-4-10-15/h2-6,8-10,12H,13H2,1H3,(H,18,19). The molecule has 1 N–H and O–H groups in total. The summed E-state index contributed by atoms with van der Waals surface area (Å²) in [6.07, 6.45) is 0. The molecule has 20 heavy (non-hydrogen) atoms. The molecule has 0 aliphatic carbocycles. The highest BCUT2D eigenvalue weighted by Gasteiger charge is 2.07. The van der Waals surface area contributed by atoms with E-state index < -0.39 is 0 Å². The Morgan fingerprint density at radius 3 is 2.55 bits per heavy atom. The Morgan fingerprint density at radius 2 is 1.80 bits per heavy atom. The Labute approximate surface area is 118 Å². The van der Waals surface area contributed by atoms with Crippen LogP contribution >= 0.6 is 0 Å². The van der Waals surface area contributed by atoms with E-state index in [0.717, 1.165) is 5.56 Å². The quantitative estimate of drug-likeness (QED) is 0.866. The van der Waals surface area contributed by atoms with Gasteiger partial charge in [0.2, 0.25) is 0 Å². The van der Waals surface area contributed by atoms with Gasteiger partial charge in [-0.25, -0.2) is 0 Å². The molecule has 1 amide bonds. The van der Waals surface area contributed by atoms with E-state index in [2.05, 4.69) is 17.2 Å². The van der Waals surface area contributed by atoms with Crippen LogP contribution in [-0.2, 0) is 4.74 Å². The van der Waals surface area contributed by atoms with Crippen LogP contribution in [-0.4, -0.2) is 19.6 Å². The van der Waals surface area contributed by atoms with Gasteiger partial charge in [-0.3, -0.25) is 4.79 Å². The molecule has 0 saturated carbocycles. The Kier molecular flexibility index (Phi) is 4.94. The van der Waals surface area contributed by atoms with Crippen LogP contribution < -0.4 is 5.32 Å². The lowest BCUT2D eigenvalue weighted by Crippen LogP contribution is -2.12. The topological polar surface area (TPSA) is 38.3 Å². The average Bonchev–Trinajstić information content (AvgIpc) is 2.50. The molecule has 0 unspecified atom stereocenters. The summed E-state index contributed by atoms with van der Waals surface area (Å²) in [6.45, 7) is 0.362. The van der Waals surface area contributed by atoms with Crippen molar-refractivity contribution < 1.29 is 9.53 Å². The lowest BCUT2D eigenvalue weighted by atomic mass is 10.1. The van der Waals surface area contributed by atoms with Crippen molar-refractivity contribution in [2.45, 2.75) is 0 Å². The molecule has 0 radical (unpaired) electrons. The number of benzene rings is 2. The first-order valence-corrected chi connectivity index (χ1v) is 6.24. The molecule has 0 spiro atoms. The molecule has 2 rings (SSSR count). The second kappa shape index (κ2) is 7.13. The normalized spacial score (nSPS) is 9.45. The number of carbonyl (C=O) groups is 1. The SMILES string of the molecule is COCC#Cc1ccccc1NC(=O)c1ccccc1. The number of nitrogens with one attached hydrogen (secondary N) is 1. The van der Waals surface area contributed by atoms with Crippen LogP contribution in [0.5, 0.6) is 0 Å². The molecule has 0 bridgehead atoms. The minimum atomic E-state index is -0.147. The maximum Gasteiger partial charge on any atom is 0.255 e. The first kappa shape index (κ1) is 13.9. The third kappa shape index (κ3) is 3.71. The Balaban J connectivity index is 2.18. The monoisotopic (exact) mass is 265 g/mol. The molecule has 0 heterocycles. The summed E-state index contributed by atoms with van der Waals surface area (Å²) in [5.41, 5.74) is 2.09. The number of amides is 1. The predicted octanol–water partition coefficient (Wildman–Crippen LogP) is 2.94. The van der Waals surface area contributed by atoms with Crippen LogP contribution in [0.15, 0.2) is 54.6 Å². The van der Waals surface area contributed by atoms with Gasteiger partial charge in [-0.15, -0.1) is 0 Å². The average molecular weight is 265 g/mol. The summed E-state index contributed by atoms with van der Waals surface area (Å²) in [4.78, 5) is 12.1. The van der Waals surface area contributed by atoms with E-state index in [0.29, 0.717) is 17.9 Å². The van der Waals surface area contributed by atoms with Gasteiger partial charge in [-0.1, -0.05) is 42.2 Å². The summed E-state index contributed by atoms with van der Waals surface area (Å²) in [5, 5.41) is 2.87. The van der Waals surface area contributed by atoms with E-state index in [4.69, 9.17) is 4.74 Å². The zero-order chi connectivity index (χ0) is 14.2. The number of methoxy groups -OCH3 is 1. The number of para-hydroxylation sites is 1. The van der Waals surface area contributed by atoms with Gasteiger partial charge in [0.1, 0.15) is 6.61 Å². The molecule has 2 aromatic carbocycles. The maximum absolute atomic E-state index is 12.1. The largest absolute Gasteiger partial charge is 0.372 e. The second-order valence-electron chi connectivity index (χ2n) is 4.10. The second-order valence-corrected chi connectivity index (χ2v) is 4.10. The van der Waals surface area contributed by atoms with Crippen molar-refractivity contribution in [3.05, 3.63) is 65.7 Å². The van der Waals surface area contributed by atoms with Crippen molar-refractivity contribution >= 4 is 11.6 Å². The molecule has 0 atom stereocenters. The van der Waals surface area contributed by atoms with Gasteiger partial charge < -0.3 is 10.1 Å². The van der Waals surface area contributed by atoms with E-state index in [9.17, 15) is 4.79 Å².